The van der Waals surface area contributed by atoms with Gasteiger partial charge < -0.3 is 19.9 Å². The number of nitrogens with one attached hydrogen (secondary N) is 3. The van der Waals surface area contributed by atoms with Crippen LogP contribution in [-0.4, -0.2) is 71.3 Å². The number of amides is 1. The first kappa shape index (κ1) is 44.7. The Balaban J connectivity index is 0.908. The second-order valence-electron chi connectivity index (χ2n) is 20.2. The van der Waals surface area contributed by atoms with Crippen LogP contribution in [0.25, 0.3) is 11.0 Å². The van der Waals surface area contributed by atoms with Crippen LogP contribution in [0.2, 0.25) is 0 Å². The number of pyridine rings is 2. The number of nitrogens with zero attached hydrogens (tertiary/aromatic N) is 5. The van der Waals surface area contributed by atoms with Gasteiger partial charge in [-0.15, -0.1) is 0 Å². The van der Waals surface area contributed by atoms with E-state index in [1.54, 1.807) is 30.6 Å². The third kappa shape index (κ3) is 9.31. The molecule has 0 unspecified atom stereocenters. The zero-order valence-electron chi connectivity index (χ0n) is 38.2. The lowest BCUT2D eigenvalue weighted by atomic mass is 9.59. The standard InChI is InChI=1S/C50H62N8O6S/c1-32(2)39-9-6-7-10-40(39)42-11-8-22-57(42)37-28-50(29-37)19-23-56(24-20-50)36-12-13-41(44(26-36)64-38-25-35-16-21-51-46(35)53-31-38)48(59)55-65(62,63)45-27-43(58(60)61)47(54-33(45)3)52-30-34-14-17-49(4,5)18-15-34/h6-7,9-10,12-13,16,21,25-27,31-32,34,37,42H,8,11,14-15,17-20,22-24,28-30H2,1-5H3,(H,51,53)(H,52,54)(H,55,59)/t42-/m0/s1. The average Bonchev–Trinajstić information content (AvgIpc) is 3.95. The number of benzene rings is 2. The molecule has 2 saturated carbocycles. The van der Waals surface area contributed by atoms with Gasteiger partial charge in [0, 0.05) is 61.1 Å². The number of ether oxygens (including phenoxy) is 1. The van der Waals surface area contributed by atoms with Gasteiger partial charge in [0.1, 0.15) is 22.0 Å². The molecule has 2 aliphatic heterocycles. The zero-order valence-corrected chi connectivity index (χ0v) is 39.0. The topological polar surface area (TPSA) is 176 Å². The Hall–Kier alpha value is -5.54. The highest BCUT2D eigenvalue weighted by atomic mass is 32.2. The van der Waals surface area contributed by atoms with Gasteiger partial charge in [-0.05, 0) is 136 Å². The van der Waals surface area contributed by atoms with Crippen LogP contribution in [0.15, 0.2) is 78.0 Å². The van der Waals surface area contributed by atoms with Gasteiger partial charge in [0.05, 0.1) is 22.4 Å². The van der Waals surface area contributed by atoms with E-state index in [1.165, 1.54) is 43.7 Å². The maximum Gasteiger partial charge on any atom is 0.312 e. The van der Waals surface area contributed by atoms with E-state index in [9.17, 15) is 23.3 Å². The predicted octanol–water partition coefficient (Wildman–Crippen LogP) is 10.4. The lowest BCUT2D eigenvalue weighted by molar-refractivity contribution is -0.384. The first-order chi connectivity index (χ1) is 31.1. The number of aryl methyl sites for hydroxylation is 1. The predicted molar refractivity (Wildman–Crippen MR) is 253 cm³/mol. The number of aromatic amines is 1. The Morgan fingerprint density at radius 3 is 2.49 bits per heavy atom. The minimum Gasteiger partial charge on any atom is -0.455 e. The van der Waals surface area contributed by atoms with E-state index in [4.69, 9.17) is 4.74 Å². The Morgan fingerprint density at radius 1 is 1.00 bits per heavy atom. The van der Waals surface area contributed by atoms with Gasteiger partial charge in [-0.2, -0.15) is 0 Å². The van der Waals surface area contributed by atoms with Gasteiger partial charge in [-0.3, -0.25) is 19.8 Å². The third-order valence-corrected chi connectivity index (χ3v) is 16.4. The summed E-state index contributed by atoms with van der Waals surface area (Å²) in [5.41, 5.74) is 4.61. The van der Waals surface area contributed by atoms with Crippen LogP contribution < -0.4 is 19.7 Å². The van der Waals surface area contributed by atoms with Gasteiger partial charge in [0.15, 0.2) is 0 Å². The van der Waals surface area contributed by atoms with E-state index >= 15 is 0 Å². The highest BCUT2D eigenvalue weighted by Crippen LogP contribution is 2.54. The van der Waals surface area contributed by atoms with Crippen molar-refractivity contribution in [3.05, 3.63) is 106 Å². The summed E-state index contributed by atoms with van der Waals surface area (Å²) in [7, 11) is -4.63. The molecule has 15 heteroatoms. The quantitative estimate of drug-likeness (QED) is 0.0757. The number of carbonyl (C=O) groups excluding carboxylic acids is 1. The monoisotopic (exact) mass is 902 g/mol. The molecule has 5 aromatic rings. The molecular formula is C50H62N8O6S. The summed E-state index contributed by atoms with van der Waals surface area (Å²) in [5, 5.41) is 16.2. The molecule has 3 N–H and O–H groups in total. The minimum atomic E-state index is -4.63. The number of hydrogen-bond donors (Lipinski definition) is 3. The molecule has 9 rings (SSSR count). The van der Waals surface area contributed by atoms with E-state index < -0.39 is 31.4 Å². The fourth-order valence-electron chi connectivity index (χ4n) is 11.1. The molecule has 2 aromatic carbocycles. The molecule has 2 saturated heterocycles. The van der Waals surface area contributed by atoms with Gasteiger partial charge in [-0.25, -0.2) is 23.1 Å². The smallest absolute Gasteiger partial charge is 0.312 e. The molecule has 65 heavy (non-hydrogen) atoms. The van der Waals surface area contributed by atoms with Gasteiger partial charge in [0.2, 0.25) is 5.82 Å². The van der Waals surface area contributed by atoms with E-state index in [0.29, 0.717) is 47.3 Å². The summed E-state index contributed by atoms with van der Waals surface area (Å²) in [6.45, 7) is 13.9. The highest BCUT2D eigenvalue weighted by Gasteiger charge is 2.50. The van der Waals surface area contributed by atoms with Crippen LogP contribution in [0.5, 0.6) is 11.5 Å². The number of likely N-dealkylation sites (tertiary alicyclic amines) is 1. The SMILES string of the molecule is Cc1nc(NCC2CCC(C)(C)CC2)c([N+](=O)[O-])cc1S(=O)(=O)NC(=O)c1ccc(N2CCC3(CC2)CC(N2CCC[C@H]2c2ccccc2C(C)C)C3)cc1Oc1cnc2[nH]ccc2c1. The molecular weight excluding hydrogens is 841 g/mol. The zero-order chi connectivity index (χ0) is 45.7. The van der Waals surface area contributed by atoms with E-state index in [0.717, 1.165) is 75.3 Å². The largest absolute Gasteiger partial charge is 0.455 e. The van der Waals surface area contributed by atoms with Crippen molar-refractivity contribution in [2.24, 2.45) is 16.7 Å². The molecule has 5 heterocycles. The van der Waals surface area contributed by atoms with Gasteiger partial charge in [-0.1, -0.05) is 52.0 Å². The minimum absolute atomic E-state index is 0.00568. The molecule has 1 amide bonds. The number of aromatic nitrogens is 3. The number of nitro groups is 1. The first-order valence-corrected chi connectivity index (χ1v) is 24.9. The molecule has 3 aromatic heterocycles. The van der Waals surface area contributed by atoms with Gasteiger partial charge >= 0.3 is 5.69 Å². The summed E-state index contributed by atoms with van der Waals surface area (Å²) in [6.07, 6.45) is 14.4. The van der Waals surface area contributed by atoms with Crippen LogP contribution in [0, 0.1) is 33.8 Å². The number of fused-ring (bicyclic) bond motifs is 1. The summed E-state index contributed by atoms with van der Waals surface area (Å²) < 4.78 is 36.4. The third-order valence-electron chi connectivity index (χ3n) is 15.0. The number of carbonyl (C=O) groups is 1. The fourth-order valence-corrected chi connectivity index (χ4v) is 12.2. The number of anilines is 2. The number of piperidine rings is 1. The molecule has 4 aliphatic rings. The van der Waals surface area contributed by atoms with Crippen molar-refractivity contribution in [3.63, 3.8) is 0 Å². The number of rotatable bonds is 13. The first-order valence-electron chi connectivity index (χ1n) is 23.4. The van der Waals surface area contributed by atoms with Crippen molar-refractivity contribution in [1.82, 2.24) is 24.6 Å². The van der Waals surface area contributed by atoms with E-state index in [-0.39, 0.29) is 28.2 Å². The fraction of sp³-hybridized carbons (Fsp3) is 0.500. The Bertz CT molecular complexity index is 2690. The molecule has 1 spiro atoms. The maximum absolute atomic E-state index is 14.1. The molecule has 4 fully saturated rings. The Kier molecular flexibility index (Phi) is 12.2. The van der Waals surface area contributed by atoms with Crippen LogP contribution in [-0.2, 0) is 10.0 Å². The number of H-pyrrole nitrogens is 1. The number of sulfonamides is 1. The van der Waals surface area contributed by atoms with Crippen LogP contribution >= 0.6 is 0 Å². The van der Waals surface area contributed by atoms with E-state index in [2.05, 4.69) is 86.8 Å². The van der Waals surface area contributed by atoms with Crippen LogP contribution in [0.4, 0.5) is 17.2 Å². The lowest BCUT2D eigenvalue weighted by Gasteiger charge is -2.56. The second-order valence-corrected chi connectivity index (χ2v) is 21.9. The Morgan fingerprint density at radius 2 is 1.75 bits per heavy atom. The molecule has 2 aliphatic carbocycles. The van der Waals surface area contributed by atoms with Crippen molar-refractivity contribution in [3.8, 4) is 11.5 Å². The van der Waals surface area contributed by atoms with Crippen molar-refractivity contribution in [2.45, 2.75) is 122 Å². The molecule has 1 atom stereocenters. The molecule has 0 bridgehead atoms. The van der Waals surface area contributed by atoms with Crippen molar-refractivity contribution >= 4 is 44.2 Å². The number of hydrogen-bond acceptors (Lipinski definition) is 11. The molecule has 14 nitrogen and oxygen atoms in total. The summed E-state index contributed by atoms with van der Waals surface area (Å²) in [4.78, 5) is 42.2. The second kappa shape index (κ2) is 17.7. The van der Waals surface area contributed by atoms with E-state index in [1.807, 2.05) is 12.1 Å². The summed E-state index contributed by atoms with van der Waals surface area (Å²) in [6, 6.07) is 19.9. The van der Waals surface area contributed by atoms with Crippen molar-refractivity contribution in [1.29, 1.82) is 0 Å². The molecule has 0 radical (unpaired) electrons. The average molecular weight is 903 g/mol. The summed E-state index contributed by atoms with van der Waals surface area (Å²) in [5.74, 6) is 0.410. The highest BCUT2D eigenvalue weighted by molar-refractivity contribution is 7.90. The normalized spacial score (nSPS) is 20.3. The molecule has 344 valence electrons. The van der Waals surface area contributed by atoms with Gasteiger partial charge in [0.25, 0.3) is 15.9 Å². The maximum atomic E-state index is 14.1. The van der Waals surface area contributed by atoms with Crippen molar-refractivity contribution in [2.75, 3.05) is 36.4 Å². The van der Waals surface area contributed by atoms with Crippen LogP contribution in [0.3, 0.4) is 0 Å². The lowest BCUT2D eigenvalue weighted by Crippen LogP contribution is -2.54. The van der Waals surface area contributed by atoms with Crippen molar-refractivity contribution < 1.29 is 22.9 Å². The summed E-state index contributed by atoms with van der Waals surface area (Å²) >= 11 is 0. The Labute approximate surface area is 382 Å². The van der Waals surface area contributed by atoms with Crippen LogP contribution in [0.1, 0.15) is 131 Å².